The molecule has 5 atom stereocenters. The van der Waals surface area contributed by atoms with Crippen molar-refractivity contribution in [3.63, 3.8) is 0 Å². The number of hydrogen-bond donors (Lipinski definition) is 2. The first-order chi connectivity index (χ1) is 16.3. The van der Waals surface area contributed by atoms with Crippen molar-refractivity contribution in [2.45, 2.75) is 95.3 Å². The van der Waals surface area contributed by atoms with Crippen LogP contribution < -0.4 is 11.0 Å². The number of piperidine rings is 2. The Morgan fingerprint density at radius 1 is 0.882 bits per heavy atom. The van der Waals surface area contributed by atoms with Crippen LogP contribution in [0.4, 0.5) is 0 Å². The second-order valence-electron chi connectivity index (χ2n) is 11.6. The van der Waals surface area contributed by atoms with E-state index in [1.165, 1.54) is 38.5 Å². The van der Waals surface area contributed by atoms with E-state index in [1.807, 2.05) is 12.1 Å². The summed E-state index contributed by atoms with van der Waals surface area (Å²) in [5, 5.41) is 0. The minimum absolute atomic E-state index is 0.0590. The number of nitrogens with zero attached hydrogens (tertiary/aromatic N) is 3. The summed E-state index contributed by atoms with van der Waals surface area (Å²) in [6.45, 7) is 2.43. The third-order valence-corrected chi connectivity index (χ3v) is 10.0. The number of aromatic nitrogens is 2. The largest absolute Gasteiger partial charge is 0.380 e. The van der Waals surface area contributed by atoms with Crippen LogP contribution in [0.15, 0.2) is 29.1 Å². The lowest BCUT2D eigenvalue weighted by Gasteiger charge is -2.55. The maximum atomic E-state index is 13.4. The highest BCUT2D eigenvalue weighted by Crippen LogP contribution is 2.48. The molecular formula is C26H36N3O4P. The van der Waals surface area contributed by atoms with Gasteiger partial charge < -0.3 is 14.4 Å². The molecule has 1 aromatic heterocycles. The molecule has 5 fully saturated rings. The molecule has 2 N–H and O–H groups in total. The summed E-state index contributed by atoms with van der Waals surface area (Å²) < 4.78 is 13.8. The number of benzene rings is 1. The molecule has 3 aliphatic carbocycles. The lowest BCUT2D eigenvalue weighted by Crippen LogP contribution is -2.58. The van der Waals surface area contributed by atoms with Gasteiger partial charge in [0.1, 0.15) is 0 Å². The molecule has 2 saturated heterocycles. The normalized spacial score (nSPS) is 36.5. The molecule has 7 rings (SSSR count). The first-order valence-corrected chi connectivity index (χ1v) is 14.7. The van der Waals surface area contributed by atoms with Gasteiger partial charge in [0.05, 0.1) is 11.0 Å². The molecule has 2 aromatic rings. The quantitative estimate of drug-likeness (QED) is 0.639. The van der Waals surface area contributed by atoms with E-state index in [9.17, 15) is 19.1 Å². The molecule has 3 heterocycles. The van der Waals surface area contributed by atoms with Crippen molar-refractivity contribution in [1.82, 2.24) is 14.5 Å². The van der Waals surface area contributed by atoms with E-state index in [2.05, 4.69) is 16.8 Å². The second kappa shape index (κ2) is 8.55. The molecule has 0 amide bonds. The van der Waals surface area contributed by atoms with E-state index >= 15 is 0 Å². The highest BCUT2D eigenvalue weighted by Gasteiger charge is 2.46. The zero-order chi connectivity index (χ0) is 23.6. The monoisotopic (exact) mass is 485 g/mol. The van der Waals surface area contributed by atoms with Crippen LogP contribution in [0.3, 0.4) is 0 Å². The standard InChI is InChI=1S/C26H36N3O4P/c1-16-9-17-11-18(12-17)13-21(10-16)28-19-5-4-6-20(28)15-22(14-19)29-24-8-3-2-7-23(24)27-25(26(29)30)34(31,32)33/h2-3,7-8,16-22H,4-6,9-15H2,1H3,(H2,31,32,33)/t16-,17?,18?,19-,20+,21-,22?/m1/s1. The van der Waals surface area contributed by atoms with Crippen LogP contribution in [0, 0.1) is 17.8 Å². The van der Waals surface area contributed by atoms with Crippen molar-refractivity contribution in [2.24, 2.45) is 17.8 Å². The van der Waals surface area contributed by atoms with Crippen molar-refractivity contribution >= 4 is 24.1 Å². The summed E-state index contributed by atoms with van der Waals surface area (Å²) in [5.74, 6) is 2.62. The van der Waals surface area contributed by atoms with Gasteiger partial charge in [-0.2, -0.15) is 0 Å². The van der Waals surface area contributed by atoms with Crippen molar-refractivity contribution < 1.29 is 14.4 Å². The molecule has 7 nitrogen and oxygen atoms in total. The summed E-state index contributed by atoms with van der Waals surface area (Å²) in [5.41, 5.74) is -0.0847. The zero-order valence-corrected chi connectivity index (χ0v) is 20.8. The highest BCUT2D eigenvalue weighted by molar-refractivity contribution is 7.59. The summed E-state index contributed by atoms with van der Waals surface area (Å²) in [4.78, 5) is 40.0. The Hall–Kier alpha value is -1.53. The molecule has 184 valence electrons. The van der Waals surface area contributed by atoms with E-state index in [0.29, 0.717) is 29.2 Å². The van der Waals surface area contributed by atoms with Crippen LogP contribution in [-0.2, 0) is 4.57 Å². The molecule has 3 saturated carbocycles. The average molecular weight is 486 g/mol. The van der Waals surface area contributed by atoms with Crippen LogP contribution in [-0.4, -0.2) is 42.4 Å². The zero-order valence-electron chi connectivity index (χ0n) is 19.9. The van der Waals surface area contributed by atoms with E-state index in [-0.39, 0.29) is 6.04 Å². The van der Waals surface area contributed by atoms with Crippen LogP contribution >= 0.6 is 7.60 Å². The van der Waals surface area contributed by atoms with Crippen LogP contribution in [0.25, 0.3) is 11.0 Å². The minimum Gasteiger partial charge on any atom is -0.320 e. The van der Waals surface area contributed by atoms with Gasteiger partial charge in [-0.25, -0.2) is 4.98 Å². The Balaban J connectivity index is 1.36. The molecule has 2 aliphatic heterocycles. The van der Waals surface area contributed by atoms with Crippen molar-refractivity contribution in [2.75, 3.05) is 0 Å². The maximum Gasteiger partial charge on any atom is 0.380 e. The first kappa shape index (κ1) is 22.9. The van der Waals surface area contributed by atoms with Gasteiger partial charge in [0.15, 0.2) is 0 Å². The Morgan fingerprint density at radius 3 is 2.26 bits per heavy atom. The minimum atomic E-state index is -4.77. The van der Waals surface area contributed by atoms with E-state index < -0.39 is 18.6 Å². The smallest absolute Gasteiger partial charge is 0.320 e. The number of para-hydroxylation sites is 2. The van der Waals surface area contributed by atoms with Crippen LogP contribution in [0.2, 0.25) is 0 Å². The van der Waals surface area contributed by atoms with Crippen molar-refractivity contribution in [3.8, 4) is 0 Å². The SMILES string of the molecule is C[C@@H]1CC2CC(C2)C[C@H](N2[C@@H]3CCC[C@H]2CC(n2c(=O)c(P(=O)(O)O)nc4ccccc42)C3)C1. The lowest BCUT2D eigenvalue weighted by molar-refractivity contribution is -0.0478. The molecule has 1 unspecified atom stereocenters. The molecule has 4 bridgehead atoms. The van der Waals surface area contributed by atoms with Crippen molar-refractivity contribution in [1.29, 1.82) is 0 Å². The first-order valence-electron chi connectivity index (χ1n) is 13.1. The van der Waals surface area contributed by atoms with E-state index in [4.69, 9.17) is 0 Å². The van der Waals surface area contributed by atoms with Crippen molar-refractivity contribution in [3.05, 3.63) is 34.6 Å². The van der Waals surface area contributed by atoms with E-state index in [1.54, 1.807) is 16.7 Å². The summed E-state index contributed by atoms with van der Waals surface area (Å²) in [7, 11) is -4.77. The fourth-order valence-electron chi connectivity index (χ4n) is 8.00. The van der Waals surface area contributed by atoms with Gasteiger partial charge in [-0.05, 0) is 87.7 Å². The molecule has 8 heteroatoms. The topological polar surface area (TPSA) is 95.7 Å². The lowest BCUT2D eigenvalue weighted by atomic mass is 9.64. The van der Waals surface area contributed by atoms with E-state index in [0.717, 1.165) is 43.4 Å². The van der Waals surface area contributed by atoms with Gasteiger partial charge in [0.25, 0.3) is 5.56 Å². The molecule has 0 radical (unpaired) electrons. The third-order valence-electron chi connectivity index (χ3n) is 9.20. The molecule has 5 aliphatic rings. The molecular weight excluding hydrogens is 449 g/mol. The fraction of sp³-hybridized carbons (Fsp3) is 0.692. The Bertz CT molecular complexity index is 1170. The summed E-state index contributed by atoms with van der Waals surface area (Å²) in [6, 6.07) is 8.71. The van der Waals surface area contributed by atoms with Crippen LogP contribution in [0.5, 0.6) is 0 Å². The maximum absolute atomic E-state index is 13.4. The van der Waals surface area contributed by atoms with Gasteiger partial charge in [-0.1, -0.05) is 25.5 Å². The Kier molecular flexibility index (Phi) is 5.76. The van der Waals surface area contributed by atoms with Gasteiger partial charge >= 0.3 is 7.60 Å². The molecule has 1 aromatic carbocycles. The summed E-state index contributed by atoms with van der Waals surface area (Å²) in [6.07, 6.45) is 12.1. The van der Waals surface area contributed by atoms with Gasteiger partial charge in [0.2, 0.25) is 5.44 Å². The van der Waals surface area contributed by atoms with Gasteiger partial charge in [-0.15, -0.1) is 0 Å². The Morgan fingerprint density at radius 2 is 1.56 bits per heavy atom. The van der Waals surface area contributed by atoms with Gasteiger partial charge in [-0.3, -0.25) is 14.3 Å². The third kappa shape index (κ3) is 3.99. The predicted molar refractivity (Wildman–Crippen MR) is 132 cm³/mol. The average Bonchev–Trinajstić information content (AvgIpc) is 2.73. The fourth-order valence-corrected chi connectivity index (χ4v) is 8.60. The van der Waals surface area contributed by atoms with Crippen LogP contribution in [0.1, 0.15) is 77.2 Å². The summed E-state index contributed by atoms with van der Waals surface area (Å²) >= 11 is 0. The Labute approximate surface area is 200 Å². The molecule has 0 spiro atoms. The predicted octanol–water partition coefficient (Wildman–Crippen LogP) is 3.97. The number of rotatable bonds is 3. The molecule has 34 heavy (non-hydrogen) atoms. The van der Waals surface area contributed by atoms with Gasteiger partial charge in [0, 0.05) is 24.2 Å². The second-order valence-corrected chi connectivity index (χ2v) is 13.1. The number of hydrogen-bond acceptors (Lipinski definition) is 4. The number of fused-ring (bicyclic) bond motifs is 8. The highest BCUT2D eigenvalue weighted by atomic mass is 31.2.